The van der Waals surface area contributed by atoms with Gasteiger partial charge in [-0.25, -0.2) is 15.0 Å². The zero-order valence-corrected chi connectivity index (χ0v) is 29.5. The molecule has 0 atom stereocenters. The van der Waals surface area contributed by atoms with E-state index in [1.165, 1.54) is 32.5 Å². The minimum absolute atomic E-state index is 0.571. The van der Waals surface area contributed by atoms with Crippen molar-refractivity contribution < 1.29 is 4.42 Å². The molecule has 0 aliphatic heterocycles. The van der Waals surface area contributed by atoms with Gasteiger partial charge in [0.25, 0.3) is 0 Å². The van der Waals surface area contributed by atoms with Gasteiger partial charge in [0.2, 0.25) is 0 Å². The molecule has 11 rings (SSSR count). The van der Waals surface area contributed by atoms with Crippen LogP contribution in [0.4, 0.5) is 0 Å². The van der Waals surface area contributed by atoms with Gasteiger partial charge in [-0.05, 0) is 73.3 Å². The van der Waals surface area contributed by atoms with Gasteiger partial charge >= 0.3 is 0 Å². The fraction of sp³-hybridized carbons (Fsp3) is 0. The highest BCUT2D eigenvalue weighted by Gasteiger charge is 2.22. The molecular weight excluding hydrogens is 673 g/mol. The number of pyridine rings is 1. The number of nitrogens with zero attached hydrogens (tertiary/aromatic N) is 4. The first kappa shape index (κ1) is 31.1. The van der Waals surface area contributed by atoms with Crippen LogP contribution in [-0.2, 0) is 0 Å². The molecule has 0 unspecified atom stereocenters. The maximum atomic E-state index is 6.74. The largest absolute Gasteiger partial charge is 0.454 e. The topological polar surface area (TPSA) is 64.7 Å². The van der Waals surface area contributed by atoms with Crippen LogP contribution in [0.3, 0.4) is 0 Å². The molecular formula is C50H30N4O. The molecule has 0 N–H and O–H groups in total. The number of aromatic nitrogens is 4. The average Bonchev–Trinajstić information content (AvgIpc) is 3.66. The lowest BCUT2D eigenvalue weighted by Crippen LogP contribution is -2.00. The number of fused-ring (bicyclic) bond motifs is 7. The van der Waals surface area contributed by atoms with E-state index in [0.29, 0.717) is 23.1 Å². The molecule has 0 aliphatic carbocycles. The van der Waals surface area contributed by atoms with Crippen LogP contribution < -0.4 is 0 Å². The highest BCUT2D eigenvalue weighted by atomic mass is 16.3. The smallest absolute Gasteiger partial charge is 0.164 e. The lowest BCUT2D eigenvalue weighted by atomic mass is 9.91. The Hall–Kier alpha value is -7.50. The zero-order chi connectivity index (χ0) is 36.3. The summed E-state index contributed by atoms with van der Waals surface area (Å²) < 4.78 is 6.74. The van der Waals surface area contributed by atoms with E-state index in [-0.39, 0.29) is 0 Å². The van der Waals surface area contributed by atoms with Crippen LogP contribution in [0, 0.1) is 0 Å². The van der Waals surface area contributed by atoms with Crippen molar-refractivity contribution in [3.05, 3.63) is 182 Å². The Morgan fingerprint density at radius 3 is 1.80 bits per heavy atom. The molecule has 5 heteroatoms. The van der Waals surface area contributed by atoms with E-state index < -0.39 is 0 Å². The number of hydrogen-bond donors (Lipinski definition) is 0. The van der Waals surface area contributed by atoms with Crippen molar-refractivity contribution in [3.63, 3.8) is 0 Å². The minimum Gasteiger partial charge on any atom is -0.454 e. The summed E-state index contributed by atoms with van der Waals surface area (Å²) in [7, 11) is 0. The van der Waals surface area contributed by atoms with Gasteiger partial charge in [0.05, 0.1) is 6.20 Å². The number of rotatable bonds is 5. The molecule has 0 amide bonds. The Kier molecular flexibility index (Phi) is 7.10. The lowest BCUT2D eigenvalue weighted by molar-refractivity contribution is 0.668. The highest BCUT2D eigenvalue weighted by Crippen LogP contribution is 2.44. The summed E-state index contributed by atoms with van der Waals surface area (Å²) in [5, 5.41) is 9.09. The van der Waals surface area contributed by atoms with Crippen LogP contribution in [0.1, 0.15) is 0 Å². The van der Waals surface area contributed by atoms with Crippen LogP contribution in [0.25, 0.3) is 111 Å². The summed E-state index contributed by atoms with van der Waals surface area (Å²) >= 11 is 0. The van der Waals surface area contributed by atoms with Gasteiger partial charge in [0, 0.05) is 39.2 Å². The maximum absolute atomic E-state index is 6.74. The van der Waals surface area contributed by atoms with E-state index >= 15 is 0 Å². The Morgan fingerprint density at radius 1 is 0.364 bits per heavy atom. The molecule has 55 heavy (non-hydrogen) atoms. The van der Waals surface area contributed by atoms with E-state index in [0.717, 1.165) is 55.1 Å². The van der Waals surface area contributed by atoms with Gasteiger partial charge in [-0.1, -0.05) is 146 Å². The monoisotopic (exact) mass is 702 g/mol. The van der Waals surface area contributed by atoms with Crippen molar-refractivity contribution in [1.29, 1.82) is 0 Å². The summed E-state index contributed by atoms with van der Waals surface area (Å²) in [6.45, 7) is 0. The maximum Gasteiger partial charge on any atom is 0.164 e. The van der Waals surface area contributed by atoms with Gasteiger partial charge in [-0.3, -0.25) is 4.98 Å². The molecule has 5 nitrogen and oxygen atoms in total. The molecule has 11 aromatic rings. The van der Waals surface area contributed by atoms with E-state index in [1.807, 2.05) is 42.6 Å². The predicted molar refractivity (Wildman–Crippen MR) is 225 cm³/mol. The summed E-state index contributed by atoms with van der Waals surface area (Å²) in [4.78, 5) is 19.8. The molecule has 0 saturated carbocycles. The first-order valence-electron chi connectivity index (χ1n) is 18.4. The van der Waals surface area contributed by atoms with E-state index in [9.17, 15) is 0 Å². The summed E-state index contributed by atoms with van der Waals surface area (Å²) in [5.41, 5.74) is 8.58. The fourth-order valence-corrected chi connectivity index (χ4v) is 8.03. The summed E-state index contributed by atoms with van der Waals surface area (Å²) in [5.74, 6) is 1.77. The molecule has 0 spiro atoms. The molecule has 0 radical (unpaired) electrons. The minimum atomic E-state index is 0.571. The molecule has 3 aromatic heterocycles. The highest BCUT2D eigenvalue weighted by molar-refractivity contribution is 6.20. The van der Waals surface area contributed by atoms with Crippen molar-refractivity contribution >= 4 is 54.3 Å². The molecule has 0 fully saturated rings. The quantitative estimate of drug-likeness (QED) is 0.167. The van der Waals surface area contributed by atoms with Crippen LogP contribution >= 0.6 is 0 Å². The number of benzene rings is 8. The van der Waals surface area contributed by atoms with Crippen LogP contribution in [0.5, 0.6) is 0 Å². The van der Waals surface area contributed by atoms with Gasteiger partial charge in [-0.2, -0.15) is 0 Å². The van der Waals surface area contributed by atoms with E-state index in [1.54, 1.807) is 6.20 Å². The fourth-order valence-electron chi connectivity index (χ4n) is 8.03. The Labute approximate surface area is 316 Å². The Balaban J connectivity index is 1.13. The third kappa shape index (κ3) is 5.17. The molecule has 256 valence electrons. The Morgan fingerprint density at radius 2 is 0.982 bits per heavy atom. The van der Waals surface area contributed by atoms with Crippen molar-refractivity contribution in [2.24, 2.45) is 0 Å². The van der Waals surface area contributed by atoms with Gasteiger partial charge in [0.15, 0.2) is 23.1 Å². The van der Waals surface area contributed by atoms with Gasteiger partial charge < -0.3 is 4.42 Å². The van der Waals surface area contributed by atoms with Crippen molar-refractivity contribution in [2.45, 2.75) is 0 Å². The summed E-state index contributed by atoms with van der Waals surface area (Å²) in [6, 6.07) is 59.2. The third-order valence-electron chi connectivity index (χ3n) is 10.6. The van der Waals surface area contributed by atoms with Crippen LogP contribution in [0.15, 0.2) is 187 Å². The summed E-state index contributed by atoms with van der Waals surface area (Å²) in [6.07, 6.45) is 3.60. The molecule has 8 aromatic carbocycles. The molecule has 0 aliphatic rings. The second-order valence-corrected chi connectivity index (χ2v) is 13.8. The molecule has 3 heterocycles. The van der Waals surface area contributed by atoms with Gasteiger partial charge in [-0.15, -0.1) is 0 Å². The average molecular weight is 703 g/mol. The van der Waals surface area contributed by atoms with Gasteiger partial charge in [0.1, 0.15) is 5.58 Å². The first-order chi connectivity index (χ1) is 27.3. The SMILES string of the molecule is c1ccc(-c2nc(-c3ccc(-c4cccc5ccccc45)cc3)nc(-c3ccc(-c4cc5ccccc5c5ccccc45)c4oc5cnccc5c34)n2)cc1. The zero-order valence-electron chi connectivity index (χ0n) is 29.5. The van der Waals surface area contributed by atoms with Crippen molar-refractivity contribution in [2.75, 3.05) is 0 Å². The molecule has 0 saturated heterocycles. The van der Waals surface area contributed by atoms with E-state index in [4.69, 9.17) is 19.4 Å². The number of hydrogen-bond acceptors (Lipinski definition) is 5. The lowest BCUT2D eigenvalue weighted by Gasteiger charge is -2.13. The second kappa shape index (κ2) is 12.6. The van der Waals surface area contributed by atoms with Crippen LogP contribution in [0.2, 0.25) is 0 Å². The van der Waals surface area contributed by atoms with Crippen LogP contribution in [-0.4, -0.2) is 19.9 Å². The molecule has 0 bridgehead atoms. The van der Waals surface area contributed by atoms with E-state index in [2.05, 4.69) is 138 Å². The normalized spacial score (nSPS) is 11.6. The van der Waals surface area contributed by atoms with Crippen molar-refractivity contribution in [1.82, 2.24) is 19.9 Å². The predicted octanol–water partition coefficient (Wildman–Crippen LogP) is 13.0. The van der Waals surface area contributed by atoms with Crippen molar-refractivity contribution in [3.8, 4) is 56.4 Å². The second-order valence-electron chi connectivity index (χ2n) is 13.8. The third-order valence-corrected chi connectivity index (χ3v) is 10.6. The Bertz CT molecular complexity index is 3250. The standard InChI is InChI=1S/C50H30N4O/c1-2-12-33(13-3-1)48-52-49(34-23-21-32(22-24-34)37-20-10-15-31-11-4-6-16-36(31)37)54-50(53-48)43-26-25-41(47-46(43)42-27-28-51-30-45(42)55-47)44-29-35-14-5-7-17-38(35)39-18-8-9-19-40(39)44/h1-30H. The first-order valence-corrected chi connectivity index (χ1v) is 18.4. The number of furan rings is 1.